The molecule has 0 aromatic heterocycles. The Morgan fingerprint density at radius 1 is 1.27 bits per heavy atom. The molecule has 7 nitrogen and oxygen atoms in total. The first-order valence-corrected chi connectivity index (χ1v) is 4.48. The van der Waals surface area contributed by atoms with E-state index in [0.717, 1.165) is 0 Å². The van der Waals surface area contributed by atoms with E-state index in [1.807, 2.05) is 0 Å². The zero-order chi connectivity index (χ0) is 12.0. The maximum atomic E-state index is 11.1. The maximum Gasteiger partial charge on any atom is 0.240 e. The minimum atomic E-state index is -0.906. The second-order valence-electron chi connectivity index (χ2n) is 3.26. The summed E-state index contributed by atoms with van der Waals surface area (Å²) in [6.45, 7) is 1.47. The quantitative estimate of drug-likeness (QED) is 0.391. The van der Waals surface area contributed by atoms with E-state index in [9.17, 15) is 14.4 Å². The van der Waals surface area contributed by atoms with Crippen LogP contribution in [0.2, 0.25) is 0 Å². The van der Waals surface area contributed by atoms with Crippen molar-refractivity contribution in [3.63, 3.8) is 0 Å². The fraction of sp³-hybridized carbons (Fsp3) is 0.625. The van der Waals surface area contributed by atoms with Gasteiger partial charge in [-0.3, -0.25) is 14.4 Å². The van der Waals surface area contributed by atoms with Gasteiger partial charge in [0.1, 0.15) is 6.04 Å². The lowest BCUT2D eigenvalue weighted by atomic mass is 10.1. The first kappa shape index (κ1) is 13.4. The number of hydrogen-bond donors (Lipinski definition) is 4. The van der Waals surface area contributed by atoms with Gasteiger partial charge in [-0.2, -0.15) is 0 Å². The first-order valence-electron chi connectivity index (χ1n) is 4.48. The number of primary amides is 2. The zero-order valence-electron chi connectivity index (χ0n) is 8.53. The van der Waals surface area contributed by atoms with Gasteiger partial charge in [0.25, 0.3) is 0 Å². The summed E-state index contributed by atoms with van der Waals surface area (Å²) in [5.41, 5.74) is 15.2. The molecule has 7 N–H and O–H groups in total. The van der Waals surface area contributed by atoms with Gasteiger partial charge in [-0.05, 0) is 13.3 Å². The first-order chi connectivity index (χ1) is 6.84. The van der Waals surface area contributed by atoms with E-state index in [1.165, 1.54) is 6.92 Å². The van der Waals surface area contributed by atoms with Gasteiger partial charge < -0.3 is 22.5 Å². The average Bonchev–Trinajstić information content (AvgIpc) is 2.10. The van der Waals surface area contributed by atoms with Crippen LogP contribution in [0.3, 0.4) is 0 Å². The summed E-state index contributed by atoms with van der Waals surface area (Å²) in [5, 5.41) is 2.33. The Bertz CT molecular complexity index is 265. The molecule has 0 saturated heterocycles. The molecular formula is C8H16N4O3. The predicted molar refractivity (Wildman–Crippen MR) is 53.2 cm³/mol. The van der Waals surface area contributed by atoms with E-state index in [2.05, 4.69) is 5.32 Å². The number of carbonyl (C=O) groups is 3. The van der Waals surface area contributed by atoms with Crippen molar-refractivity contribution in [3.8, 4) is 0 Å². The van der Waals surface area contributed by atoms with Gasteiger partial charge >= 0.3 is 0 Å². The smallest absolute Gasteiger partial charge is 0.240 e. The molecule has 0 rings (SSSR count). The molecule has 0 heterocycles. The fourth-order valence-corrected chi connectivity index (χ4v) is 0.875. The van der Waals surface area contributed by atoms with Crippen molar-refractivity contribution < 1.29 is 14.4 Å². The summed E-state index contributed by atoms with van der Waals surface area (Å²) in [6, 6.07) is -1.64. The van der Waals surface area contributed by atoms with Gasteiger partial charge in [-0.15, -0.1) is 0 Å². The Labute approximate surface area is 87.3 Å². The molecule has 3 amide bonds. The largest absolute Gasteiger partial charge is 0.370 e. The standard InChI is InChI=1S/C8H16N4O3/c1-4(9)8(15)12-5(7(11)14)2-3-6(10)13/h4-5H,2-3,9H2,1H3,(H2,10,13)(H2,11,14)(H,12,15)/t4-,5-/m0/s1. The average molecular weight is 216 g/mol. The van der Waals surface area contributed by atoms with Crippen LogP contribution in [0.5, 0.6) is 0 Å². The van der Waals surface area contributed by atoms with Crippen molar-refractivity contribution in [2.45, 2.75) is 31.8 Å². The Hall–Kier alpha value is -1.63. The third-order valence-corrected chi connectivity index (χ3v) is 1.75. The van der Waals surface area contributed by atoms with Crippen molar-refractivity contribution in [3.05, 3.63) is 0 Å². The number of nitrogens with two attached hydrogens (primary N) is 3. The number of carbonyl (C=O) groups excluding carboxylic acids is 3. The molecular weight excluding hydrogens is 200 g/mol. The lowest BCUT2D eigenvalue weighted by Crippen LogP contribution is -2.49. The molecule has 0 aliphatic heterocycles. The summed E-state index contributed by atoms with van der Waals surface area (Å²) < 4.78 is 0. The monoisotopic (exact) mass is 216 g/mol. The summed E-state index contributed by atoms with van der Waals surface area (Å²) in [5.74, 6) is -1.77. The van der Waals surface area contributed by atoms with E-state index >= 15 is 0 Å². The van der Waals surface area contributed by atoms with Crippen molar-refractivity contribution >= 4 is 17.7 Å². The molecule has 7 heteroatoms. The topological polar surface area (TPSA) is 141 Å². The lowest BCUT2D eigenvalue weighted by Gasteiger charge is -2.15. The van der Waals surface area contributed by atoms with E-state index < -0.39 is 29.8 Å². The van der Waals surface area contributed by atoms with Gasteiger partial charge in [-0.25, -0.2) is 0 Å². The lowest BCUT2D eigenvalue weighted by molar-refractivity contribution is -0.128. The van der Waals surface area contributed by atoms with Crippen LogP contribution in [0, 0.1) is 0 Å². The highest BCUT2D eigenvalue weighted by atomic mass is 16.2. The predicted octanol–water partition coefficient (Wildman–Crippen LogP) is -2.43. The third-order valence-electron chi connectivity index (χ3n) is 1.75. The maximum absolute atomic E-state index is 11.1. The number of amides is 3. The van der Waals surface area contributed by atoms with Crippen LogP contribution in [0.15, 0.2) is 0 Å². The SMILES string of the molecule is C[C@H](N)C(=O)N[C@@H](CCC(N)=O)C(N)=O. The highest BCUT2D eigenvalue weighted by Gasteiger charge is 2.20. The molecule has 0 aliphatic rings. The van der Waals surface area contributed by atoms with Crippen LogP contribution in [-0.2, 0) is 14.4 Å². The Balaban J connectivity index is 4.22. The molecule has 0 radical (unpaired) electrons. The molecule has 86 valence electrons. The molecule has 0 fully saturated rings. The van der Waals surface area contributed by atoms with Gasteiger partial charge in [0, 0.05) is 6.42 Å². The van der Waals surface area contributed by atoms with Gasteiger partial charge in [0.15, 0.2) is 0 Å². The fourth-order valence-electron chi connectivity index (χ4n) is 0.875. The molecule has 0 unspecified atom stereocenters. The van der Waals surface area contributed by atoms with E-state index in [-0.39, 0.29) is 12.8 Å². The van der Waals surface area contributed by atoms with Crippen LogP contribution in [-0.4, -0.2) is 29.8 Å². The molecule has 2 atom stereocenters. The van der Waals surface area contributed by atoms with Gasteiger partial charge in [0.2, 0.25) is 17.7 Å². The van der Waals surface area contributed by atoms with E-state index in [4.69, 9.17) is 17.2 Å². The Kier molecular flexibility index (Phi) is 5.32. The third kappa shape index (κ3) is 5.63. The summed E-state index contributed by atoms with van der Waals surface area (Å²) >= 11 is 0. The van der Waals surface area contributed by atoms with Crippen molar-refractivity contribution in [1.29, 1.82) is 0 Å². The van der Waals surface area contributed by atoms with Gasteiger partial charge in [0.05, 0.1) is 6.04 Å². The van der Waals surface area contributed by atoms with Gasteiger partial charge in [-0.1, -0.05) is 0 Å². The summed E-state index contributed by atoms with van der Waals surface area (Å²) in [7, 11) is 0. The molecule has 0 aromatic rings. The summed E-state index contributed by atoms with van der Waals surface area (Å²) in [4.78, 5) is 32.5. The van der Waals surface area contributed by atoms with Crippen LogP contribution in [0.25, 0.3) is 0 Å². The Morgan fingerprint density at radius 3 is 2.13 bits per heavy atom. The Morgan fingerprint density at radius 2 is 1.80 bits per heavy atom. The number of rotatable bonds is 6. The molecule has 0 saturated carbocycles. The highest BCUT2D eigenvalue weighted by Crippen LogP contribution is 1.96. The van der Waals surface area contributed by atoms with Crippen LogP contribution in [0.4, 0.5) is 0 Å². The van der Waals surface area contributed by atoms with Crippen molar-refractivity contribution in [2.75, 3.05) is 0 Å². The molecule has 0 aromatic carbocycles. The molecule has 0 spiro atoms. The number of hydrogen-bond acceptors (Lipinski definition) is 4. The zero-order valence-corrected chi connectivity index (χ0v) is 8.53. The van der Waals surface area contributed by atoms with Crippen LogP contribution < -0.4 is 22.5 Å². The van der Waals surface area contributed by atoms with Crippen LogP contribution >= 0.6 is 0 Å². The van der Waals surface area contributed by atoms with E-state index in [1.54, 1.807) is 0 Å². The van der Waals surface area contributed by atoms with Crippen LogP contribution in [0.1, 0.15) is 19.8 Å². The van der Waals surface area contributed by atoms with E-state index in [0.29, 0.717) is 0 Å². The van der Waals surface area contributed by atoms with Crippen molar-refractivity contribution in [2.24, 2.45) is 17.2 Å². The molecule has 15 heavy (non-hydrogen) atoms. The summed E-state index contributed by atoms with van der Waals surface area (Å²) in [6.07, 6.45) is 0.0654. The normalized spacial score (nSPS) is 14.0. The molecule has 0 bridgehead atoms. The number of nitrogens with one attached hydrogen (secondary N) is 1. The highest BCUT2D eigenvalue weighted by molar-refractivity contribution is 5.89. The minimum Gasteiger partial charge on any atom is -0.370 e. The second kappa shape index (κ2) is 5.97. The second-order valence-corrected chi connectivity index (χ2v) is 3.26. The van der Waals surface area contributed by atoms with Crippen molar-refractivity contribution in [1.82, 2.24) is 5.32 Å². The molecule has 0 aliphatic carbocycles. The minimum absolute atomic E-state index is 0.0210.